The first-order valence-corrected chi connectivity index (χ1v) is 13.3. The molecule has 6 rings (SSSR count). The summed E-state index contributed by atoms with van der Waals surface area (Å²) in [6, 6.07) is 2.38. The fraction of sp³-hybridized carbons (Fsp3) is 0.864. The van der Waals surface area contributed by atoms with Crippen molar-refractivity contribution in [2.24, 2.45) is 17.3 Å². The van der Waals surface area contributed by atoms with E-state index in [1.807, 2.05) is 13.8 Å². The second-order valence-corrected chi connectivity index (χ2v) is 13.1. The maximum atomic E-state index is 12.7. The Hall–Kier alpha value is -1.09. The van der Waals surface area contributed by atoms with Crippen LogP contribution in [0.1, 0.15) is 64.1 Å². The molecule has 0 amide bonds. The Morgan fingerprint density at radius 1 is 1.10 bits per heavy atom. The topological polar surface area (TPSA) is 55.2 Å². The van der Waals surface area contributed by atoms with E-state index in [2.05, 4.69) is 10.00 Å². The smallest absolute Gasteiger partial charge is 0.300 e. The van der Waals surface area contributed by atoms with Gasteiger partial charge in [-0.3, -0.25) is 9.58 Å². The van der Waals surface area contributed by atoms with Gasteiger partial charge < -0.3 is 0 Å². The zero-order chi connectivity index (χ0) is 22.2. The van der Waals surface area contributed by atoms with Gasteiger partial charge in [-0.25, -0.2) is 8.42 Å². The normalized spacial score (nSPS) is 34.2. The standard InChI is InChI=1S/C12H19NO2S.C10H13F3N2/c14-16(15)7-12(8-16)1-2-13(6-12)11-4-9-3-10(9)5-11;1-7(2)15-6-3-8(14-15)9(4-5-9)10(11,12)13/h9-11H,1-8H2;3,6-7H,4-5H2,1-2H3/t9-,10+,11?;. The summed E-state index contributed by atoms with van der Waals surface area (Å²) in [4.78, 5) is 2.60. The van der Waals surface area contributed by atoms with E-state index in [1.54, 1.807) is 10.9 Å². The summed E-state index contributed by atoms with van der Waals surface area (Å²) in [5.41, 5.74) is -1.30. The van der Waals surface area contributed by atoms with Crippen molar-refractivity contribution in [2.75, 3.05) is 24.6 Å². The number of nitrogens with zero attached hydrogens (tertiary/aromatic N) is 3. The third-order valence-corrected chi connectivity index (χ3v) is 10.3. The molecule has 2 saturated heterocycles. The Morgan fingerprint density at radius 3 is 2.23 bits per heavy atom. The second-order valence-electron chi connectivity index (χ2n) is 11.0. The molecule has 9 heteroatoms. The van der Waals surface area contributed by atoms with E-state index in [0.29, 0.717) is 11.5 Å². The predicted octanol–water partition coefficient (Wildman–Crippen LogP) is 3.96. The Labute approximate surface area is 182 Å². The zero-order valence-electron chi connectivity index (χ0n) is 18.2. The van der Waals surface area contributed by atoms with Gasteiger partial charge in [0.25, 0.3) is 0 Å². The minimum absolute atomic E-state index is 0.0998. The average Bonchev–Trinajstić information content (AvgIpc) is 3.42. The van der Waals surface area contributed by atoms with Crippen molar-refractivity contribution in [1.82, 2.24) is 14.7 Å². The van der Waals surface area contributed by atoms with E-state index in [-0.39, 0.29) is 30.0 Å². The molecule has 0 bridgehead atoms. The average molecular weight is 460 g/mol. The van der Waals surface area contributed by atoms with Gasteiger partial charge in [0.05, 0.1) is 17.2 Å². The van der Waals surface area contributed by atoms with Gasteiger partial charge in [-0.2, -0.15) is 18.3 Å². The van der Waals surface area contributed by atoms with Crippen LogP contribution in [-0.4, -0.2) is 59.9 Å². The fourth-order valence-electron chi connectivity index (χ4n) is 6.08. The van der Waals surface area contributed by atoms with Crippen LogP contribution in [0.2, 0.25) is 0 Å². The van der Waals surface area contributed by atoms with Gasteiger partial charge in [0.2, 0.25) is 0 Å². The molecule has 0 aromatic carbocycles. The van der Waals surface area contributed by atoms with E-state index in [0.717, 1.165) is 37.4 Å². The van der Waals surface area contributed by atoms with E-state index in [1.165, 1.54) is 25.3 Å². The lowest BCUT2D eigenvalue weighted by atomic mass is 9.91. The largest absolute Gasteiger partial charge is 0.400 e. The molecule has 2 aliphatic heterocycles. The number of fused-ring (bicyclic) bond motifs is 1. The number of rotatable bonds is 3. The van der Waals surface area contributed by atoms with E-state index < -0.39 is 21.4 Å². The Morgan fingerprint density at radius 2 is 1.74 bits per heavy atom. The lowest BCUT2D eigenvalue weighted by Gasteiger charge is -2.38. The SMILES string of the molecule is CC(C)n1ccc(C2(C(F)(F)F)CC2)n1.O=S1(=O)CC2(CCN(C3C[C@@H]4C[C@@H]4C3)C2)C1. The molecule has 31 heavy (non-hydrogen) atoms. The van der Waals surface area contributed by atoms with Gasteiger partial charge in [0, 0.05) is 30.2 Å². The highest BCUT2D eigenvalue weighted by Crippen LogP contribution is 2.58. The lowest BCUT2D eigenvalue weighted by molar-refractivity contribution is -0.161. The van der Waals surface area contributed by atoms with Crippen LogP contribution in [0.5, 0.6) is 0 Å². The molecule has 1 aromatic rings. The minimum atomic E-state index is -4.16. The van der Waals surface area contributed by atoms with Crippen LogP contribution in [0, 0.1) is 17.3 Å². The molecule has 3 aliphatic carbocycles. The lowest BCUT2D eigenvalue weighted by Crippen LogP contribution is -2.50. The number of aromatic nitrogens is 2. The molecule has 0 radical (unpaired) electrons. The second kappa shape index (κ2) is 6.95. The molecule has 5 nitrogen and oxygen atoms in total. The Bertz CT molecular complexity index is 929. The Kier molecular flexibility index (Phi) is 4.88. The van der Waals surface area contributed by atoms with Gasteiger partial charge in [-0.05, 0) is 76.8 Å². The van der Waals surface area contributed by atoms with Crippen LogP contribution >= 0.6 is 0 Å². The van der Waals surface area contributed by atoms with Crippen molar-refractivity contribution in [3.05, 3.63) is 18.0 Å². The van der Waals surface area contributed by atoms with Gasteiger partial charge in [0.1, 0.15) is 5.41 Å². The number of halogens is 3. The summed E-state index contributed by atoms with van der Waals surface area (Å²) in [7, 11) is -2.65. The number of sulfone groups is 1. The summed E-state index contributed by atoms with van der Waals surface area (Å²) < 4.78 is 62.4. The molecule has 0 N–H and O–H groups in total. The quantitative estimate of drug-likeness (QED) is 0.687. The summed E-state index contributed by atoms with van der Waals surface area (Å²) >= 11 is 0. The number of likely N-dealkylation sites (tertiary alicyclic amines) is 1. The van der Waals surface area contributed by atoms with Gasteiger partial charge in [-0.15, -0.1) is 0 Å². The van der Waals surface area contributed by atoms with E-state index >= 15 is 0 Å². The van der Waals surface area contributed by atoms with Crippen molar-refractivity contribution >= 4 is 9.84 Å². The van der Waals surface area contributed by atoms with Gasteiger partial charge in [0.15, 0.2) is 9.84 Å². The van der Waals surface area contributed by atoms with Crippen LogP contribution in [0.25, 0.3) is 0 Å². The van der Waals surface area contributed by atoms with Crippen molar-refractivity contribution < 1.29 is 21.6 Å². The summed E-state index contributed by atoms with van der Waals surface area (Å²) in [5.74, 6) is 3.00. The molecule has 5 aliphatic rings. The summed E-state index contributed by atoms with van der Waals surface area (Å²) in [6.45, 7) is 6.00. The van der Waals surface area contributed by atoms with Crippen LogP contribution in [0.15, 0.2) is 12.3 Å². The third-order valence-electron chi connectivity index (χ3n) is 8.18. The van der Waals surface area contributed by atoms with Crippen molar-refractivity contribution in [3.63, 3.8) is 0 Å². The molecule has 1 aromatic heterocycles. The fourth-order valence-corrected chi connectivity index (χ4v) is 8.33. The predicted molar refractivity (Wildman–Crippen MR) is 111 cm³/mol. The highest BCUT2D eigenvalue weighted by Gasteiger charge is 2.65. The first-order chi connectivity index (χ1) is 14.4. The third kappa shape index (κ3) is 3.94. The molecule has 5 fully saturated rings. The van der Waals surface area contributed by atoms with Crippen LogP contribution in [0.3, 0.4) is 0 Å². The number of alkyl halides is 3. The molecular formula is C22H32F3N3O2S. The molecule has 1 spiro atoms. The van der Waals surface area contributed by atoms with Crippen molar-refractivity contribution in [3.8, 4) is 0 Å². The monoisotopic (exact) mass is 459 g/mol. The molecule has 3 atom stereocenters. The van der Waals surface area contributed by atoms with Crippen LogP contribution in [0.4, 0.5) is 13.2 Å². The number of hydrogen-bond donors (Lipinski definition) is 0. The number of hydrogen-bond acceptors (Lipinski definition) is 4. The van der Waals surface area contributed by atoms with E-state index in [4.69, 9.17) is 0 Å². The summed E-state index contributed by atoms with van der Waals surface area (Å²) in [5, 5.41) is 4.01. The molecule has 1 unspecified atom stereocenters. The van der Waals surface area contributed by atoms with Crippen molar-refractivity contribution in [2.45, 2.75) is 76.0 Å². The molecule has 3 heterocycles. The van der Waals surface area contributed by atoms with Gasteiger partial charge >= 0.3 is 6.18 Å². The van der Waals surface area contributed by atoms with Gasteiger partial charge in [-0.1, -0.05) is 0 Å². The molecule has 3 saturated carbocycles. The minimum Gasteiger partial charge on any atom is -0.300 e. The maximum Gasteiger partial charge on any atom is 0.400 e. The Balaban J connectivity index is 0.000000132. The van der Waals surface area contributed by atoms with Crippen molar-refractivity contribution in [1.29, 1.82) is 0 Å². The first-order valence-electron chi connectivity index (χ1n) is 11.5. The van der Waals surface area contributed by atoms with Crippen LogP contribution < -0.4 is 0 Å². The van der Waals surface area contributed by atoms with E-state index in [9.17, 15) is 21.6 Å². The molecular weight excluding hydrogens is 427 g/mol. The maximum absolute atomic E-state index is 12.7. The summed E-state index contributed by atoms with van der Waals surface area (Å²) in [6.07, 6.45) is 3.19. The highest BCUT2D eigenvalue weighted by molar-refractivity contribution is 7.92. The molecule has 174 valence electrons. The zero-order valence-corrected chi connectivity index (χ0v) is 19.1. The highest BCUT2D eigenvalue weighted by atomic mass is 32.2. The van der Waals surface area contributed by atoms with Crippen LogP contribution in [-0.2, 0) is 15.3 Å². The first kappa shape index (κ1) is 21.7.